The molecule has 0 saturated heterocycles. The fourth-order valence-electron chi connectivity index (χ4n) is 0.819. The number of hydrogen-bond acceptors (Lipinski definition) is 3. The Balaban J connectivity index is 3.71. The Hall–Kier alpha value is -1.30. The molecule has 0 aromatic rings. The molecule has 94 valence electrons. The first-order chi connectivity index (χ1) is 7.34. The van der Waals surface area contributed by atoms with Crippen LogP contribution in [0.3, 0.4) is 0 Å². The number of carbonyl (C=O) groups is 2. The minimum atomic E-state index is -0.915. The monoisotopic (exact) mass is 231 g/mol. The summed E-state index contributed by atoms with van der Waals surface area (Å²) in [6.45, 7) is 4.20. The first-order valence-corrected chi connectivity index (χ1v) is 5.25. The Morgan fingerprint density at radius 3 is 2.12 bits per heavy atom. The van der Waals surface area contributed by atoms with Crippen LogP contribution in [0.1, 0.15) is 13.8 Å². The standard InChI is InChI=1S/C10H21N3O3/c1-7(9(14)15)5-11-10(16)12-6-8(2)13(3)4/h7-8H,5-6H2,1-4H3,(H,14,15)(H2,11,12,16). The number of aliphatic carboxylic acids is 1. The normalized spacial score (nSPS) is 14.3. The summed E-state index contributed by atoms with van der Waals surface area (Å²) in [5.74, 6) is -1.49. The Labute approximate surface area is 96.0 Å². The van der Waals surface area contributed by atoms with E-state index in [0.717, 1.165) is 0 Å². The van der Waals surface area contributed by atoms with Crippen LogP contribution in [0.2, 0.25) is 0 Å². The second-order valence-corrected chi connectivity index (χ2v) is 4.14. The molecule has 2 amide bonds. The van der Waals surface area contributed by atoms with Gasteiger partial charge in [0.25, 0.3) is 0 Å². The first-order valence-electron chi connectivity index (χ1n) is 5.25. The lowest BCUT2D eigenvalue weighted by Gasteiger charge is -2.20. The summed E-state index contributed by atoms with van der Waals surface area (Å²) in [4.78, 5) is 23.7. The number of likely N-dealkylation sites (N-methyl/N-ethyl adjacent to an activating group) is 1. The van der Waals surface area contributed by atoms with Crippen molar-refractivity contribution < 1.29 is 14.7 Å². The molecule has 0 bridgehead atoms. The van der Waals surface area contributed by atoms with Crippen LogP contribution in [0.15, 0.2) is 0 Å². The van der Waals surface area contributed by atoms with Gasteiger partial charge in [0, 0.05) is 19.1 Å². The zero-order chi connectivity index (χ0) is 12.7. The molecule has 6 nitrogen and oxygen atoms in total. The van der Waals surface area contributed by atoms with Gasteiger partial charge in [0.15, 0.2) is 0 Å². The van der Waals surface area contributed by atoms with Crippen LogP contribution in [-0.4, -0.2) is 55.2 Å². The highest BCUT2D eigenvalue weighted by atomic mass is 16.4. The Bertz CT molecular complexity index is 243. The highest BCUT2D eigenvalue weighted by molar-refractivity contribution is 5.75. The zero-order valence-electron chi connectivity index (χ0n) is 10.3. The van der Waals surface area contributed by atoms with Crippen LogP contribution in [0.4, 0.5) is 4.79 Å². The van der Waals surface area contributed by atoms with Crippen molar-refractivity contribution in [2.24, 2.45) is 5.92 Å². The Kier molecular flexibility index (Phi) is 6.48. The molecule has 0 radical (unpaired) electrons. The number of carboxylic acid groups (broad SMARTS) is 1. The van der Waals surface area contributed by atoms with Gasteiger partial charge >= 0.3 is 12.0 Å². The molecule has 0 aromatic carbocycles. The number of carboxylic acids is 1. The van der Waals surface area contributed by atoms with Crippen molar-refractivity contribution in [2.75, 3.05) is 27.2 Å². The van der Waals surface area contributed by atoms with E-state index in [1.807, 2.05) is 25.9 Å². The molecule has 0 saturated carbocycles. The van der Waals surface area contributed by atoms with E-state index in [2.05, 4.69) is 10.6 Å². The summed E-state index contributed by atoms with van der Waals surface area (Å²) >= 11 is 0. The van der Waals surface area contributed by atoms with Crippen molar-refractivity contribution >= 4 is 12.0 Å². The van der Waals surface area contributed by atoms with Crippen molar-refractivity contribution in [3.8, 4) is 0 Å². The third-order valence-electron chi connectivity index (χ3n) is 2.43. The number of urea groups is 1. The van der Waals surface area contributed by atoms with Crippen molar-refractivity contribution in [2.45, 2.75) is 19.9 Å². The summed E-state index contributed by atoms with van der Waals surface area (Å²) in [7, 11) is 3.85. The average Bonchev–Trinajstić information content (AvgIpc) is 2.21. The van der Waals surface area contributed by atoms with Gasteiger partial charge in [-0.15, -0.1) is 0 Å². The lowest BCUT2D eigenvalue weighted by molar-refractivity contribution is -0.140. The molecule has 0 aliphatic rings. The van der Waals surface area contributed by atoms with Gasteiger partial charge in [-0.05, 0) is 21.0 Å². The third-order valence-corrected chi connectivity index (χ3v) is 2.43. The molecule has 6 heteroatoms. The topological polar surface area (TPSA) is 81.7 Å². The van der Waals surface area contributed by atoms with Gasteiger partial charge in [-0.3, -0.25) is 4.79 Å². The molecule has 3 N–H and O–H groups in total. The predicted molar refractivity (Wildman–Crippen MR) is 61.4 cm³/mol. The summed E-state index contributed by atoms with van der Waals surface area (Å²) in [5.41, 5.74) is 0. The first kappa shape index (κ1) is 14.7. The minimum Gasteiger partial charge on any atom is -0.481 e. The average molecular weight is 231 g/mol. The fourth-order valence-corrected chi connectivity index (χ4v) is 0.819. The van der Waals surface area contributed by atoms with Crippen LogP contribution in [-0.2, 0) is 4.79 Å². The second-order valence-electron chi connectivity index (χ2n) is 4.14. The van der Waals surface area contributed by atoms with Crippen LogP contribution >= 0.6 is 0 Å². The number of rotatable bonds is 6. The van der Waals surface area contributed by atoms with E-state index in [4.69, 9.17) is 5.11 Å². The highest BCUT2D eigenvalue weighted by Crippen LogP contribution is 1.91. The number of hydrogen-bond donors (Lipinski definition) is 3. The molecule has 0 rings (SSSR count). The van der Waals surface area contributed by atoms with Crippen molar-refractivity contribution in [3.05, 3.63) is 0 Å². The smallest absolute Gasteiger partial charge is 0.314 e. The zero-order valence-corrected chi connectivity index (χ0v) is 10.3. The molecule has 0 aromatic heterocycles. The van der Waals surface area contributed by atoms with Gasteiger partial charge in [-0.25, -0.2) is 4.79 Å². The Morgan fingerprint density at radius 2 is 1.69 bits per heavy atom. The van der Waals surface area contributed by atoms with E-state index in [0.29, 0.717) is 6.54 Å². The van der Waals surface area contributed by atoms with Crippen LogP contribution < -0.4 is 10.6 Å². The largest absolute Gasteiger partial charge is 0.481 e. The van der Waals surface area contributed by atoms with E-state index >= 15 is 0 Å². The minimum absolute atomic E-state index is 0.136. The molecule has 0 aliphatic carbocycles. The summed E-state index contributed by atoms with van der Waals surface area (Å²) < 4.78 is 0. The molecular formula is C10H21N3O3. The molecule has 0 spiro atoms. The van der Waals surface area contributed by atoms with Gasteiger partial charge in [-0.1, -0.05) is 6.92 Å². The van der Waals surface area contributed by atoms with E-state index < -0.39 is 11.9 Å². The number of carbonyl (C=O) groups excluding carboxylic acids is 1. The predicted octanol–water partition coefficient (Wildman–Crippen LogP) is -0.0436. The maximum absolute atomic E-state index is 11.3. The summed E-state index contributed by atoms with van der Waals surface area (Å²) in [6, 6.07) is -0.0931. The fraction of sp³-hybridized carbons (Fsp3) is 0.800. The maximum Gasteiger partial charge on any atom is 0.314 e. The Morgan fingerprint density at radius 1 is 1.19 bits per heavy atom. The van der Waals surface area contributed by atoms with Gasteiger partial charge in [-0.2, -0.15) is 0 Å². The molecule has 0 heterocycles. The molecule has 0 fully saturated rings. The lowest BCUT2D eigenvalue weighted by Crippen LogP contribution is -2.44. The highest BCUT2D eigenvalue weighted by Gasteiger charge is 2.12. The van der Waals surface area contributed by atoms with Crippen LogP contribution in [0.5, 0.6) is 0 Å². The van der Waals surface area contributed by atoms with E-state index in [1.54, 1.807) is 6.92 Å². The number of amides is 2. The summed E-state index contributed by atoms with van der Waals surface area (Å²) in [6.07, 6.45) is 0. The number of nitrogens with zero attached hydrogens (tertiary/aromatic N) is 1. The second kappa shape index (κ2) is 7.05. The third kappa shape index (κ3) is 6.23. The van der Waals surface area contributed by atoms with E-state index in [-0.39, 0.29) is 18.6 Å². The van der Waals surface area contributed by atoms with E-state index in [1.165, 1.54) is 0 Å². The quantitative estimate of drug-likeness (QED) is 0.599. The van der Waals surface area contributed by atoms with Crippen LogP contribution in [0.25, 0.3) is 0 Å². The van der Waals surface area contributed by atoms with Crippen LogP contribution in [0, 0.1) is 5.92 Å². The van der Waals surface area contributed by atoms with Gasteiger partial charge in [0.1, 0.15) is 0 Å². The van der Waals surface area contributed by atoms with E-state index in [9.17, 15) is 9.59 Å². The summed E-state index contributed by atoms with van der Waals surface area (Å²) in [5, 5.41) is 13.8. The van der Waals surface area contributed by atoms with Crippen molar-refractivity contribution in [3.63, 3.8) is 0 Å². The van der Waals surface area contributed by atoms with Crippen molar-refractivity contribution in [1.29, 1.82) is 0 Å². The number of nitrogens with one attached hydrogen (secondary N) is 2. The van der Waals surface area contributed by atoms with Gasteiger partial charge in [0.2, 0.25) is 0 Å². The maximum atomic E-state index is 11.3. The lowest BCUT2D eigenvalue weighted by atomic mass is 10.2. The van der Waals surface area contributed by atoms with Gasteiger partial charge in [0.05, 0.1) is 5.92 Å². The van der Waals surface area contributed by atoms with Gasteiger partial charge < -0.3 is 20.6 Å². The SMILES string of the molecule is CC(CNC(=O)NCC(C)N(C)C)C(=O)O. The molecule has 0 aliphatic heterocycles. The molecular weight excluding hydrogens is 210 g/mol. The molecule has 2 unspecified atom stereocenters. The van der Waals surface area contributed by atoms with Crippen molar-refractivity contribution in [1.82, 2.24) is 15.5 Å². The molecule has 16 heavy (non-hydrogen) atoms. The molecule has 2 atom stereocenters.